The van der Waals surface area contributed by atoms with Crippen LogP contribution in [0.25, 0.3) is 0 Å². The summed E-state index contributed by atoms with van der Waals surface area (Å²) in [6.07, 6.45) is -4.75. The van der Waals surface area contributed by atoms with Crippen molar-refractivity contribution in [3.63, 3.8) is 0 Å². The van der Waals surface area contributed by atoms with Gasteiger partial charge in [0.1, 0.15) is 4.60 Å². The molecule has 0 radical (unpaired) electrons. The Bertz CT molecular complexity index is 368. The molecule has 0 amide bonds. The number of halogens is 4. The molecule has 0 aliphatic heterocycles. The summed E-state index contributed by atoms with van der Waals surface area (Å²) in [6, 6.07) is 1.16. The van der Waals surface area contributed by atoms with E-state index in [1.54, 1.807) is 0 Å². The van der Waals surface area contributed by atoms with Crippen LogP contribution in [0.4, 0.5) is 13.2 Å². The molecule has 0 atom stereocenters. The van der Waals surface area contributed by atoms with Crippen molar-refractivity contribution in [2.45, 2.75) is 19.9 Å². The number of nitrogens with zero attached hydrogens (tertiary/aromatic N) is 1. The van der Waals surface area contributed by atoms with Crippen molar-refractivity contribution in [1.82, 2.24) is 4.98 Å². The number of pyridine rings is 1. The van der Waals surface area contributed by atoms with E-state index in [1.807, 2.05) is 0 Å². The maximum Gasteiger partial charge on any atom is 0.573 e. The number of hydrogen-bond acceptors (Lipinski definition) is 3. The Morgan fingerprint density at radius 1 is 1.53 bits per heavy atom. The minimum Gasteiger partial charge on any atom is -0.403 e. The second-order valence-corrected chi connectivity index (χ2v) is 3.50. The van der Waals surface area contributed by atoms with E-state index in [9.17, 15) is 13.2 Å². The second kappa shape index (κ2) is 4.36. The first kappa shape index (κ1) is 12.3. The quantitative estimate of drug-likeness (QED) is 0.849. The number of aliphatic hydroxyl groups is 1. The first-order valence-corrected chi connectivity index (χ1v) is 4.65. The van der Waals surface area contributed by atoms with Crippen LogP contribution in [0.15, 0.2) is 10.7 Å². The third-order valence-electron chi connectivity index (χ3n) is 1.61. The molecule has 1 aromatic heterocycles. The van der Waals surface area contributed by atoms with Crippen LogP contribution in [0.2, 0.25) is 0 Å². The summed E-state index contributed by atoms with van der Waals surface area (Å²) in [7, 11) is 0. The molecule has 0 fully saturated rings. The molecule has 1 N–H and O–H groups in total. The van der Waals surface area contributed by atoms with E-state index in [4.69, 9.17) is 5.11 Å². The van der Waals surface area contributed by atoms with Crippen LogP contribution < -0.4 is 4.74 Å². The molecule has 1 heterocycles. The molecule has 0 aliphatic carbocycles. The number of ether oxygens (including phenoxy) is 1. The Kier molecular flexibility index (Phi) is 3.56. The van der Waals surface area contributed by atoms with Crippen molar-refractivity contribution in [3.8, 4) is 5.75 Å². The average molecular weight is 286 g/mol. The Morgan fingerprint density at radius 2 is 2.13 bits per heavy atom. The number of aryl methyl sites for hydroxylation is 1. The number of aliphatic hydroxyl groups excluding tert-OH is 1. The molecule has 0 unspecified atom stereocenters. The highest BCUT2D eigenvalue weighted by Gasteiger charge is 2.32. The lowest BCUT2D eigenvalue weighted by atomic mass is 10.2. The lowest BCUT2D eigenvalue weighted by Crippen LogP contribution is -2.18. The number of hydrogen-bond donors (Lipinski definition) is 1. The number of rotatable bonds is 2. The van der Waals surface area contributed by atoms with Gasteiger partial charge in [-0.2, -0.15) is 0 Å². The molecule has 0 aliphatic rings. The molecular weight excluding hydrogens is 279 g/mol. The average Bonchev–Trinajstić information content (AvgIpc) is 2.08. The van der Waals surface area contributed by atoms with Crippen LogP contribution in [-0.2, 0) is 6.61 Å². The van der Waals surface area contributed by atoms with Crippen molar-refractivity contribution < 1.29 is 23.0 Å². The highest BCUT2D eigenvalue weighted by molar-refractivity contribution is 9.10. The molecule has 0 saturated heterocycles. The first-order chi connectivity index (χ1) is 6.83. The maximum absolute atomic E-state index is 11.9. The summed E-state index contributed by atoms with van der Waals surface area (Å²) in [5, 5.41) is 8.82. The van der Waals surface area contributed by atoms with Crippen molar-refractivity contribution in [3.05, 3.63) is 21.9 Å². The van der Waals surface area contributed by atoms with Crippen LogP contribution in [0.1, 0.15) is 11.3 Å². The third-order valence-corrected chi connectivity index (χ3v) is 2.18. The van der Waals surface area contributed by atoms with E-state index in [0.29, 0.717) is 11.3 Å². The van der Waals surface area contributed by atoms with Crippen molar-refractivity contribution in [1.29, 1.82) is 0 Å². The fourth-order valence-corrected chi connectivity index (χ4v) is 1.37. The monoisotopic (exact) mass is 285 g/mol. The zero-order valence-electron chi connectivity index (χ0n) is 7.60. The van der Waals surface area contributed by atoms with Gasteiger partial charge in [-0.3, -0.25) is 0 Å². The van der Waals surface area contributed by atoms with Gasteiger partial charge < -0.3 is 9.84 Å². The second-order valence-electron chi connectivity index (χ2n) is 2.75. The fourth-order valence-electron chi connectivity index (χ4n) is 0.958. The van der Waals surface area contributed by atoms with Gasteiger partial charge in [-0.05, 0) is 34.5 Å². The lowest BCUT2D eigenvalue weighted by Gasteiger charge is -2.12. The third kappa shape index (κ3) is 3.35. The van der Waals surface area contributed by atoms with Crippen LogP contribution in [0.3, 0.4) is 0 Å². The minimum atomic E-state index is -4.75. The van der Waals surface area contributed by atoms with E-state index in [1.165, 1.54) is 6.92 Å². The summed E-state index contributed by atoms with van der Waals surface area (Å²) in [4.78, 5) is 3.72. The van der Waals surface area contributed by atoms with Crippen LogP contribution in [-0.4, -0.2) is 16.5 Å². The molecule has 3 nitrogen and oxygen atoms in total. The van der Waals surface area contributed by atoms with Gasteiger partial charge in [0.15, 0.2) is 5.75 Å². The zero-order valence-corrected chi connectivity index (χ0v) is 9.18. The predicted octanol–water partition coefficient (Wildman–Crippen LogP) is 2.54. The summed E-state index contributed by atoms with van der Waals surface area (Å²) >= 11 is 2.83. The molecule has 0 aromatic carbocycles. The van der Waals surface area contributed by atoms with Crippen LogP contribution >= 0.6 is 15.9 Å². The fraction of sp³-hybridized carbons (Fsp3) is 0.375. The van der Waals surface area contributed by atoms with Gasteiger partial charge in [0.05, 0.1) is 12.3 Å². The van der Waals surface area contributed by atoms with Crippen molar-refractivity contribution >= 4 is 15.9 Å². The largest absolute Gasteiger partial charge is 0.573 e. The molecule has 15 heavy (non-hydrogen) atoms. The van der Waals surface area contributed by atoms with Crippen molar-refractivity contribution in [2.24, 2.45) is 0 Å². The van der Waals surface area contributed by atoms with Gasteiger partial charge in [-0.15, -0.1) is 13.2 Å². The SMILES string of the molecule is Cc1cc(OC(F)(F)F)c(Br)nc1CO. The molecule has 7 heteroatoms. The van der Waals surface area contributed by atoms with Gasteiger partial charge >= 0.3 is 6.36 Å². The van der Waals surface area contributed by atoms with E-state index < -0.39 is 12.1 Å². The number of aromatic nitrogens is 1. The highest BCUT2D eigenvalue weighted by Crippen LogP contribution is 2.30. The molecular formula is C8H7BrF3NO2. The summed E-state index contributed by atoms with van der Waals surface area (Å²) in [5.74, 6) is -0.419. The smallest absolute Gasteiger partial charge is 0.403 e. The van der Waals surface area contributed by atoms with Crippen LogP contribution in [0.5, 0.6) is 5.75 Å². The van der Waals surface area contributed by atoms with Gasteiger partial charge in [0, 0.05) is 0 Å². The Labute approximate surface area is 92.0 Å². The standard InChI is InChI=1S/C8H7BrF3NO2/c1-4-2-6(15-8(10,11)12)7(9)13-5(4)3-14/h2,14H,3H2,1H3. The zero-order chi connectivity index (χ0) is 11.6. The van der Waals surface area contributed by atoms with Gasteiger partial charge in [-0.1, -0.05) is 0 Å². The molecule has 0 spiro atoms. The van der Waals surface area contributed by atoms with Gasteiger partial charge in [-0.25, -0.2) is 4.98 Å². The molecule has 1 aromatic rings. The summed E-state index contributed by atoms with van der Waals surface area (Å²) < 4.78 is 39.4. The van der Waals surface area contributed by atoms with Crippen LogP contribution in [0, 0.1) is 6.92 Å². The Hall–Kier alpha value is -0.820. The van der Waals surface area contributed by atoms with Gasteiger partial charge in [0.25, 0.3) is 0 Å². The first-order valence-electron chi connectivity index (χ1n) is 3.86. The van der Waals surface area contributed by atoms with E-state index in [0.717, 1.165) is 6.07 Å². The van der Waals surface area contributed by atoms with Gasteiger partial charge in [0.2, 0.25) is 0 Å². The Balaban J connectivity index is 3.05. The minimum absolute atomic E-state index is 0.0884. The summed E-state index contributed by atoms with van der Waals surface area (Å²) in [6.45, 7) is 1.20. The molecule has 0 bridgehead atoms. The highest BCUT2D eigenvalue weighted by atomic mass is 79.9. The number of alkyl halides is 3. The molecule has 0 saturated carbocycles. The summed E-state index contributed by atoms with van der Waals surface area (Å²) in [5.41, 5.74) is 0.733. The van der Waals surface area contributed by atoms with E-state index in [-0.39, 0.29) is 11.2 Å². The molecule has 84 valence electrons. The predicted molar refractivity (Wildman–Crippen MR) is 49.3 cm³/mol. The topological polar surface area (TPSA) is 42.4 Å². The normalized spacial score (nSPS) is 11.6. The van der Waals surface area contributed by atoms with Crippen molar-refractivity contribution in [2.75, 3.05) is 0 Å². The van der Waals surface area contributed by atoms with E-state index >= 15 is 0 Å². The molecule has 1 rings (SSSR count). The Morgan fingerprint density at radius 3 is 2.60 bits per heavy atom. The maximum atomic E-state index is 11.9. The lowest BCUT2D eigenvalue weighted by molar-refractivity contribution is -0.275. The van der Waals surface area contributed by atoms with E-state index in [2.05, 4.69) is 25.7 Å².